The number of benzene rings is 9. The van der Waals surface area contributed by atoms with Crippen LogP contribution < -0.4 is 4.90 Å². The molecule has 0 spiro atoms. The average molecular weight is 686 g/mol. The maximum atomic E-state index is 9.60. The smallest absolute Gasteiger partial charge is 0.136 e. The van der Waals surface area contributed by atoms with Gasteiger partial charge in [-0.15, -0.1) is 0 Å². The van der Waals surface area contributed by atoms with Crippen LogP contribution in [0.2, 0.25) is 0 Å². The van der Waals surface area contributed by atoms with E-state index >= 15 is 0 Å². The van der Waals surface area contributed by atoms with Gasteiger partial charge in [0.1, 0.15) is 11.2 Å². The van der Waals surface area contributed by atoms with Gasteiger partial charge >= 0.3 is 0 Å². The van der Waals surface area contributed by atoms with Gasteiger partial charge in [-0.2, -0.15) is 0 Å². The molecule has 52 heavy (non-hydrogen) atoms. The molecule has 244 valence electrons. The highest BCUT2D eigenvalue weighted by molar-refractivity contribution is 6.12. The number of anilines is 3. The summed E-state index contributed by atoms with van der Waals surface area (Å²) >= 11 is 0. The van der Waals surface area contributed by atoms with Crippen LogP contribution in [0, 0.1) is 0 Å². The molecule has 9 aromatic carbocycles. The Labute approximate surface area is 333 Å². The van der Waals surface area contributed by atoms with Gasteiger partial charge in [0.15, 0.2) is 0 Å². The van der Waals surface area contributed by atoms with E-state index in [-0.39, 0.29) is 5.69 Å². The van der Waals surface area contributed by atoms with Crippen LogP contribution >= 0.6 is 0 Å². The zero-order valence-corrected chi connectivity index (χ0v) is 26.7. The van der Waals surface area contributed by atoms with E-state index in [2.05, 4.69) is 0 Å². The number of para-hydroxylation sites is 1. The van der Waals surface area contributed by atoms with E-state index in [0.717, 1.165) is 15.7 Å². The zero-order valence-electron chi connectivity index (χ0n) is 48.7. The Morgan fingerprint density at radius 3 is 1.52 bits per heavy atom. The van der Waals surface area contributed by atoms with E-state index in [0.29, 0.717) is 22.3 Å². The van der Waals surface area contributed by atoms with Crippen molar-refractivity contribution in [3.63, 3.8) is 0 Å². The lowest BCUT2D eigenvalue weighted by Crippen LogP contribution is -2.09. The molecule has 1 aromatic heterocycles. The van der Waals surface area contributed by atoms with Gasteiger partial charge in [0.05, 0.1) is 30.2 Å². The molecule has 10 aromatic rings. The third-order valence-electron chi connectivity index (χ3n) is 8.63. The second kappa shape index (κ2) is 12.5. The van der Waals surface area contributed by atoms with Crippen molar-refractivity contribution in [2.75, 3.05) is 4.90 Å². The minimum atomic E-state index is -0.926. The molecule has 2 nitrogen and oxygen atoms in total. The molecule has 0 aliphatic carbocycles. The SMILES string of the molecule is [2H]c1c([2H])c(N(c2ccc(-c3cccc4oc5ccccc5c34)cc2)c2c([2H])c([2H])c(-c3c([2H])c([2H])c([2H])c4c([2H])c([2H])c([2H])c([2H])c34)c([2H])c2[2H])c([2H])c([2H])c1-c1c([2H])c([2H])c([2H])c2c([2H])c([2H])c([2H])c([2H])c12. The van der Waals surface area contributed by atoms with Crippen LogP contribution in [0.15, 0.2) is 204 Å². The summed E-state index contributed by atoms with van der Waals surface area (Å²) in [6, 6.07) is 0.602. The van der Waals surface area contributed by atoms with Gasteiger partial charge in [-0.3, -0.25) is 0 Å². The molecule has 0 fully saturated rings. The molecule has 0 N–H and O–H groups in total. The summed E-state index contributed by atoms with van der Waals surface area (Å²) in [5.74, 6) is 0. The Morgan fingerprint density at radius 2 is 0.904 bits per heavy atom. The van der Waals surface area contributed by atoms with Crippen LogP contribution in [0.4, 0.5) is 17.1 Å². The molecule has 0 bridgehead atoms. The minimum Gasteiger partial charge on any atom is -0.456 e. The number of fused-ring (bicyclic) bond motifs is 5. The van der Waals surface area contributed by atoms with Crippen molar-refractivity contribution in [1.29, 1.82) is 0 Å². The van der Waals surface area contributed by atoms with E-state index in [1.165, 1.54) is 12.1 Å². The van der Waals surface area contributed by atoms with Gasteiger partial charge in [0.2, 0.25) is 0 Å². The Hall–Kier alpha value is -6.90. The van der Waals surface area contributed by atoms with E-state index in [9.17, 15) is 11.0 Å². The highest BCUT2D eigenvalue weighted by Crippen LogP contribution is 2.41. The fourth-order valence-electron chi connectivity index (χ4n) is 6.26. The quantitative estimate of drug-likeness (QED) is 0.173. The largest absolute Gasteiger partial charge is 0.456 e. The highest BCUT2D eigenvalue weighted by Gasteiger charge is 2.16. The second-order valence-electron chi connectivity index (χ2n) is 11.6. The van der Waals surface area contributed by atoms with Crippen LogP contribution in [0.25, 0.3) is 76.9 Å². The first-order chi connectivity index (χ1) is 35.0. The number of hydrogen-bond acceptors (Lipinski definition) is 2. The molecule has 2 heteroatoms. The van der Waals surface area contributed by atoms with Crippen molar-refractivity contribution >= 4 is 60.5 Å². The van der Waals surface area contributed by atoms with Gasteiger partial charge in [-0.1, -0.05) is 151 Å². The van der Waals surface area contributed by atoms with Crippen molar-refractivity contribution in [2.24, 2.45) is 0 Å². The lowest BCUT2D eigenvalue weighted by molar-refractivity contribution is 0.669. The molecule has 0 amide bonds. The second-order valence-corrected chi connectivity index (χ2v) is 11.6. The van der Waals surface area contributed by atoms with Gasteiger partial charge in [0, 0.05) is 27.8 Å². The number of furan rings is 1. The predicted octanol–water partition coefficient (Wildman–Crippen LogP) is 14.4. The molecule has 0 aliphatic heterocycles. The first-order valence-corrected chi connectivity index (χ1v) is 16.0. The van der Waals surface area contributed by atoms with Crippen molar-refractivity contribution < 1.29 is 34.6 Å². The van der Waals surface area contributed by atoms with Crippen LogP contribution in [0.5, 0.6) is 0 Å². The van der Waals surface area contributed by atoms with E-state index in [1.807, 2.05) is 30.3 Å². The fraction of sp³-hybridized carbons (Fsp3) is 0. The first-order valence-electron chi connectivity index (χ1n) is 27.0. The summed E-state index contributed by atoms with van der Waals surface area (Å²) in [5.41, 5.74) is -1.50. The van der Waals surface area contributed by atoms with Crippen LogP contribution in [0.3, 0.4) is 0 Å². The van der Waals surface area contributed by atoms with Crippen molar-refractivity contribution in [2.45, 2.75) is 0 Å². The monoisotopic (exact) mass is 685 g/mol. The first kappa shape index (κ1) is 15.1. The molecule has 0 atom stereocenters. The molecule has 1 heterocycles. The van der Waals surface area contributed by atoms with Crippen molar-refractivity contribution in [3.05, 3.63) is 200 Å². The van der Waals surface area contributed by atoms with E-state index in [1.54, 1.807) is 24.3 Å². The molecule has 0 aliphatic rings. The number of hydrogen-bond donors (Lipinski definition) is 0. The maximum absolute atomic E-state index is 9.60. The van der Waals surface area contributed by atoms with Gasteiger partial charge in [0.25, 0.3) is 0 Å². The standard InChI is InChI=1S/C50H33NO/c1-3-14-42-34(10-1)12-7-17-44(42)36-22-28-39(29-23-36)51(40-30-24-37(25-31-40)45-18-8-13-35-11-2-4-15-43(35)45)41-32-26-38(27-33-41)46-19-9-21-49-50(46)47-16-5-6-20-48(47)52-49/h1-33H/i1D,2D,3D,4D,7D,8D,10D,11D,12D,13D,14D,15D,17D,18D,22D,23D,24D,25D,28D,29D,30D,31D. The summed E-state index contributed by atoms with van der Waals surface area (Å²) in [7, 11) is 0. The maximum Gasteiger partial charge on any atom is 0.136 e. The Kier molecular flexibility index (Phi) is 3.63. The number of rotatable bonds is 6. The van der Waals surface area contributed by atoms with Gasteiger partial charge in [-0.25, -0.2) is 0 Å². The van der Waals surface area contributed by atoms with Crippen molar-refractivity contribution in [1.82, 2.24) is 0 Å². The lowest BCUT2D eigenvalue weighted by atomic mass is 9.97. The third kappa shape index (κ3) is 5.12. The average Bonchev–Trinajstić information content (AvgIpc) is 3.78. The minimum absolute atomic E-state index is 0.0550. The highest BCUT2D eigenvalue weighted by atomic mass is 16.3. The molecule has 0 unspecified atom stereocenters. The van der Waals surface area contributed by atoms with Gasteiger partial charge < -0.3 is 9.32 Å². The van der Waals surface area contributed by atoms with E-state index in [4.69, 9.17) is 23.6 Å². The van der Waals surface area contributed by atoms with Crippen LogP contribution in [-0.4, -0.2) is 0 Å². The number of nitrogens with zero attached hydrogens (tertiary/aromatic N) is 1. The molecule has 10 rings (SSSR count). The van der Waals surface area contributed by atoms with Crippen LogP contribution in [-0.2, 0) is 0 Å². The topological polar surface area (TPSA) is 16.4 Å². The van der Waals surface area contributed by atoms with Crippen LogP contribution in [0.1, 0.15) is 30.2 Å². The summed E-state index contributed by atoms with van der Waals surface area (Å²) in [6.45, 7) is 0. The third-order valence-corrected chi connectivity index (χ3v) is 8.63. The van der Waals surface area contributed by atoms with Gasteiger partial charge in [-0.05, 0) is 103 Å². The fourth-order valence-corrected chi connectivity index (χ4v) is 6.26. The molecular weight excluding hydrogens is 631 g/mol. The summed E-state index contributed by atoms with van der Waals surface area (Å²) in [4.78, 5) is 0.940. The molecule has 0 radical (unpaired) electrons. The Morgan fingerprint density at radius 1 is 0.365 bits per heavy atom. The predicted molar refractivity (Wildman–Crippen MR) is 220 cm³/mol. The zero-order chi connectivity index (χ0) is 53.6. The Balaban J connectivity index is 1.29. The summed E-state index contributed by atoms with van der Waals surface area (Å²) in [5, 5.41) is -0.477. The summed E-state index contributed by atoms with van der Waals surface area (Å²) < 4.78 is 203. The molecule has 0 saturated carbocycles. The Bertz CT molecular complexity index is 3910. The lowest BCUT2D eigenvalue weighted by Gasteiger charge is -2.26. The van der Waals surface area contributed by atoms with Crippen molar-refractivity contribution in [3.8, 4) is 33.4 Å². The summed E-state index contributed by atoms with van der Waals surface area (Å²) in [6.07, 6.45) is 0. The van der Waals surface area contributed by atoms with E-state index < -0.39 is 188 Å². The molecule has 0 saturated heterocycles. The molecular formula is C50H33NO. The normalized spacial score (nSPS) is 17.4.